The van der Waals surface area contributed by atoms with Crippen LogP contribution in [0.4, 0.5) is 5.82 Å². The Labute approximate surface area is 174 Å². The molecule has 2 heterocycles. The van der Waals surface area contributed by atoms with Crippen LogP contribution in [0.5, 0.6) is 0 Å². The molecule has 6 heteroatoms. The van der Waals surface area contributed by atoms with Crippen molar-refractivity contribution in [2.24, 2.45) is 7.05 Å². The fourth-order valence-electron chi connectivity index (χ4n) is 3.66. The van der Waals surface area contributed by atoms with Crippen LogP contribution in [0.15, 0.2) is 64.5 Å². The van der Waals surface area contributed by atoms with Crippen LogP contribution in [0, 0.1) is 0 Å². The summed E-state index contributed by atoms with van der Waals surface area (Å²) in [5.74, 6) is 0.906. The predicted molar refractivity (Wildman–Crippen MR) is 116 cm³/mol. The standard InChI is InChI=1S/C23H23N3O2S/c1-3-15-9-11-17(12-10-15)18-13-19(27)24-21-20(18)22(28)25-23(26(21)2)29-14-16-7-5-4-6-8-16/h4-12,18H,3,13-14H2,1-2H3,(H,24,27). The quantitative estimate of drug-likeness (QED) is 0.513. The first kappa shape index (κ1) is 19.5. The molecule has 0 fully saturated rings. The maximum atomic E-state index is 13.0. The number of nitrogens with zero attached hydrogens (tertiary/aromatic N) is 2. The Morgan fingerprint density at radius 2 is 1.79 bits per heavy atom. The van der Waals surface area contributed by atoms with Gasteiger partial charge < -0.3 is 9.88 Å². The van der Waals surface area contributed by atoms with Crippen LogP contribution in [0.1, 0.15) is 41.5 Å². The van der Waals surface area contributed by atoms with Gasteiger partial charge in [-0.2, -0.15) is 4.98 Å². The average molecular weight is 406 g/mol. The van der Waals surface area contributed by atoms with Gasteiger partial charge >= 0.3 is 0 Å². The number of carbonyl (C=O) groups is 1. The highest BCUT2D eigenvalue weighted by atomic mass is 32.2. The summed E-state index contributed by atoms with van der Waals surface area (Å²) >= 11 is 1.49. The van der Waals surface area contributed by atoms with Crippen molar-refractivity contribution in [3.8, 4) is 0 Å². The second-order valence-corrected chi connectivity index (χ2v) is 8.14. The molecular formula is C23H23N3O2S. The number of hydrogen-bond acceptors (Lipinski definition) is 4. The molecule has 0 saturated heterocycles. The fourth-order valence-corrected chi connectivity index (χ4v) is 4.58. The van der Waals surface area contributed by atoms with Gasteiger partial charge in [0, 0.05) is 25.1 Å². The number of anilines is 1. The number of carbonyl (C=O) groups excluding carboxylic acids is 1. The molecule has 1 aliphatic heterocycles. The first-order valence-corrected chi connectivity index (χ1v) is 10.7. The number of hydrogen-bond donors (Lipinski definition) is 1. The first-order valence-electron chi connectivity index (χ1n) is 9.73. The Kier molecular flexibility index (Phi) is 5.53. The van der Waals surface area contributed by atoms with Crippen molar-refractivity contribution in [1.82, 2.24) is 9.55 Å². The van der Waals surface area contributed by atoms with Gasteiger partial charge in [-0.25, -0.2) is 0 Å². The molecule has 1 N–H and O–H groups in total. The lowest BCUT2D eigenvalue weighted by atomic mass is 9.86. The number of benzene rings is 2. The molecule has 4 rings (SSSR count). The van der Waals surface area contributed by atoms with Gasteiger partial charge in [-0.05, 0) is 23.1 Å². The highest BCUT2D eigenvalue weighted by molar-refractivity contribution is 7.98. The van der Waals surface area contributed by atoms with Crippen molar-refractivity contribution < 1.29 is 4.79 Å². The minimum absolute atomic E-state index is 0.0812. The van der Waals surface area contributed by atoms with Gasteiger partial charge in [0.1, 0.15) is 5.82 Å². The fraction of sp³-hybridized carbons (Fsp3) is 0.261. The SMILES string of the molecule is CCc1ccc(C2CC(=O)Nc3c2c(=O)nc(SCc2ccccc2)n3C)cc1. The van der Waals surface area contributed by atoms with E-state index in [1.807, 2.05) is 54.1 Å². The smallest absolute Gasteiger partial charge is 0.279 e. The third-order valence-electron chi connectivity index (χ3n) is 5.30. The monoisotopic (exact) mass is 405 g/mol. The minimum atomic E-state index is -0.274. The van der Waals surface area contributed by atoms with E-state index in [9.17, 15) is 9.59 Å². The Morgan fingerprint density at radius 1 is 1.07 bits per heavy atom. The topological polar surface area (TPSA) is 64.0 Å². The molecule has 0 bridgehead atoms. The van der Waals surface area contributed by atoms with E-state index < -0.39 is 0 Å². The van der Waals surface area contributed by atoms with Crippen molar-refractivity contribution in [2.75, 3.05) is 5.32 Å². The molecular weight excluding hydrogens is 382 g/mol. The Morgan fingerprint density at radius 3 is 2.48 bits per heavy atom. The van der Waals surface area contributed by atoms with Crippen molar-refractivity contribution in [3.63, 3.8) is 0 Å². The highest BCUT2D eigenvalue weighted by Crippen LogP contribution is 2.36. The zero-order valence-corrected chi connectivity index (χ0v) is 17.3. The van der Waals surface area contributed by atoms with Crippen LogP contribution in [0.25, 0.3) is 0 Å². The summed E-state index contributed by atoms with van der Waals surface area (Å²) < 4.78 is 1.83. The van der Waals surface area contributed by atoms with Gasteiger partial charge in [-0.15, -0.1) is 0 Å². The molecule has 5 nitrogen and oxygen atoms in total. The number of thioether (sulfide) groups is 1. The van der Waals surface area contributed by atoms with Crippen molar-refractivity contribution >= 4 is 23.5 Å². The van der Waals surface area contributed by atoms with Gasteiger partial charge in [-0.1, -0.05) is 73.3 Å². The minimum Gasteiger partial charge on any atom is -0.312 e. The molecule has 0 saturated carbocycles. The Hall–Kier alpha value is -2.86. The molecule has 29 heavy (non-hydrogen) atoms. The maximum absolute atomic E-state index is 13.0. The zero-order valence-electron chi connectivity index (χ0n) is 16.5. The number of amides is 1. The molecule has 1 aromatic heterocycles. The van der Waals surface area contributed by atoms with E-state index in [4.69, 9.17) is 0 Å². The summed E-state index contributed by atoms with van der Waals surface area (Å²) in [7, 11) is 1.85. The zero-order chi connectivity index (χ0) is 20.4. The van der Waals surface area contributed by atoms with Gasteiger partial charge in [0.15, 0.2) is 5.16 Å². The molecule has 2 aromatic carbocycles. The van der Waals surface area contributed by atoms with Gasteiger partial charge in [0.05, 0.1) is 5.56 Å². The lowest BCUT2D eigenvalue weighted by Crippen LogP contribution is -2.33. The van der Waals surface area contributed by atoms with E-state index in [2.05, 4.69) is 29.4 Å². The third kappa shape index (κ3) is 3.98. The largest absolute Gasteiger partial charge is 0.312 e. The molecule has 0 radical (unpaired) electrons. The second kappa shape index (κ2) is 8.25. The molecule has 0 aliphatic carbocycles. The molecule has 1 amide bonds. The Bertz CT molecular complexity index is 1090. The summed E-state index contributed by atoms with van der Waals surface area (Å²) in [5.41, 5.74) is 3.66. The van der Waals surface area contributed by atoms with Crippen LogP contribution < -0.4 is 10.9 Å². The van der Waals surface area contributed by atoms with Gasteiger partial charge in [0.2, 0.25) is 5.91 Å². The van der Waals surface area contributed by atoms with Crippen LogP contribution in [-0.4, -0.2) is 15.5 Å². The van der Waals surface area contributed by atoms with E-state index in [0.717, 1.165) is 17.5 Å². The number of nitrogens with one attached hydrogen (secondary N) is 1. The van der Waals surface area contributed by atoms with Crippen LogP contribution in [-0.2, 0) is 24.0 Å². The van der Waals surface area contributed by atoms with E-state index >= 15 is 0 Å². The normalized spacial score (nSPS) is 15.7. The number of aromatic nitrogens is 2. The summed E-state index contributed by atoms with van der Waals surface area (Å²) in [6.07, 6.45) is 1.21. The summed E-state index contributed by atoms with van der Waals surface area (Å²) in [6, 6.07) is 18.2. The lowest BCUT2D eigenvalue weighted by molar-refractivity contribution is -0.116. The van der Waals surface area contributed by atoms with E-state index in [1.54, 1.807) is 0 Å². The number of rotatable bonds is 5. The van der Waals surface area contributed by atoms with Crippen LogP contribution in [0.3, 0.4) is 0 Å². The van der Waals surface area contributed by atoms with E-state index in [-0.39, 0.29) is 23.8 Å². The average Bonchev–Trinajstić information content (AvgIpc) is 2.75. The number of fused-ring (bicyclic) bond motifs is 1. The maximum Gasteiger partial charge on any atom is 0.279 e. The summed E-state index contributed by atoms with van der Waals surface area (Å²) in [6.45, 7) is 2.10. The molecule has 1 unspecified atom stereocenters. The lowest BCUT2D eigenvalue weighted by Gasteiger charge is -2.27. The first-order chi connectivity index (χ1) is 14.1. The Balaban J connectivity index is 1.71. The van der Waals surface area contributed by atoms with Gasteiger partial charge in [0.25, 0.3) is 5.56 Å². The third-order valence-corrected chi connectivity index (χ3v) is 6.40. The molecule has 3 aromatic rings. The highest BCUT2D eigenvalue weighted by Gasteiger charge is 2.32. The van der Waals surface area contributed by atoms with Gasteiger partial charge in [-0.3, -0.25) is 9.59 Å². The van der Waals surface area contributed by atoms with Crippen LogP contribution in [0.2, 0.25) is 0 Å². The van der Waals surface area contributed by atoms with E-state index in [0.29, 0.717) is 22.3 Å². The van der Waals surface area contributed by atoms with Crippen LogP contribution >= 0.6 is 11.8 Å². The van der Waals surface area contributed by atoms with Crippen molar-refractivity contribution in [3.05, 3.63) is 87.2 Å². The summed E-state index contributed by atoms with van der Waals surface area (Å²) in [4.78, 5) is 29.8. The predicted octanol–water partition coefficient (Wildman–Crippen LogP) is 4.11. The molecule has 148 valence electrons. The molecule has 1 atom stereocenters. The second-order valence-electron chi connectivity index (χ2n) is 7.20. The summed E-state index contributed by atoms with van der Waals surface area (Å²) in [5, 5.41) is 3.50. The van der Waals surface area contributed by atoms with E-state index in [1.165, 1.54) is 17.3 Å². The van der Waals surface area contributed by atoms with Crippen molar-refractivity contribution in [2.45, 2.75) is 36.6 Å². The number of aryl methyl sites for hydroxylation is 1. The molecule has 1 aliphatic rings. The van der Waals surface area contributed by atoms with Crippen molar-refractivity contribution in [1.29, 1.82) is 0 Å². The molecule has 0 spiro atoms.